The highest BCUT2D eigenvalue weighted by Gasteiger charge is 2.38. The molecule has 1 aliphatic heterocycles. The van der Waals surface area contributed by atoms with Crippen LogP contribution in [0.2, 0.25) is 0 Å². The molecule has 30 heavy (non-hydrogen) atoms. The number of hydrogen-bond acceptors (Lipinski definition) is 4. The number of benzene rings is 1. The van der Waals surface area contributed by atoms with Crippen LogP contribution in [0.25, 0.3) is 0 Å². The second kappa shape index (κ2) is 12.4. The molecule has 2 atom stereocenters. The van der Waals surface area contributed by atoms with E-state index in [1.54, 1.807) is 0 Å². The lowest BCUT2D eigenvalue weighted by atomic mass is 10.0. The van der Waals surface area contributed by atoms with E-state index in [2.05, 4.69) is 22.9 Å². The van der Waals surface area contributed by atoms with Gasteiger partial charge in [-0.05, 0) is 57.0 Å². The van der Waals surface area contributed by atoms with Gasteiger partial charge in [-0.15, -0.1) is 0 Å². The molecule has 0 radical (unpaired) electrons. The Labute approximate surface area is 175 Å². The summed E-state index contributed by atoms with van der Waals surface area (Å²) in [6.07, 6.45) is 1.35. The van der Waals surface area contributed by atoms with Crippen LogP contribution in [-0.2, 0) is 9.59 Å². The fourth-order valence-electron chi connectivity index (χ4n) is 3.01. The zero-order chi connectivity index (χ0) is 22.7. The van der Waals surface area contributed by atoms with Crippen LogP contribution in [0.3, 0.4) is 0 Å². The molecule has 1 aromatic carbocycles. The number of nitrogens with one attached hydrogen (secondary N) is 3. The van der Waals surface area contributed by atoms with Crippen molar-refractivity contribution in [2.24, 2.45) is 5.92 Å². The predicted molar refractivity (Wildman–Crippen MR) is 112 cm³/mol. The van der Waals surface area contributed by atoms with Gasteiger partial charge in [-0.3, -0.25) is 4.79 Å². The largest absolute Gasteiger partial charge is 0.490 e. The lowest BCUT2D eigenvalue weighted by Crippen LogP contribution is -2.33. The maximum Gasteiger partial charge on any atom is 0.490 e. The number of halogens is 3. The molecular weight excluding hydrogens is 399 g/mol. The second-order valence-electron chi connectivity index (χ2n) is 7.81. The summed E-state index contributed by atoms with van der Waals surface area (Å²) in [5, 5.41) is 17.3. The molecule has 9 heteroatoms. The molecule has 1 aliphatic rings. The Morgan fingerprint density at radius 2 is 1.67 bits per heavy atom. The van der Waals surface area contributed by atoms with Gasteiger partial charge >= 0.3 is 12.1 Å². The number of carbonyl (C=O) groups is 2. The molecule has 1 fully saturated rings. The highest BCUT2D eigenvalue weighted by Crippen LogP contribution is 2.18. The van der Waals surface area contributed by atoms with Crippen molar-refractivity contribution in [1.29, 1.82) is 0 Å². The normalized spacial score (nSPS) is 17.9. The summed E-state index contributed by atoms with van der Waals surface area (Å²) in [6, 6.07) is 9.05. The van der Waals surface area contributed by atoms with Crippen molar-refractivity contribution in [2.75, 3.05) is 17.2 Å². The van der Waals surface area contributed by atoms with Crippen LogP contribution in [0.4, 0.5) is 24.5 Å². The lowest BCUT2D eigenvalue weighted by Gasteiger charge is -2.22. The van der Waals surface area contributed by atoms with Gasteiger partial charge in [0.2, 0.25) is 5.91 Å². The summed E-state index contributed by atoms with van der Waals surface area (Å²) in [6.45, 7) is 7.19. The number of anilines is 2. The summed E-state index contributed by atoms with van der Waals surface area (Å²) in [7, 11) is 0. The second-order valence-corrected chi connectivity index (χ2v) is 7.81. The molecule has 0 spiro atoms. The first-order chi connectivity index (χ1) is 14.0. The molecule has 1 heterocycles. The van der Waals surface area contributed by atoms with E-state index >= 15 is 0 Å². The smallest absolute Gasteiger partial charge is 0.475 e. The quantitative estimate of drug-likeness (QED) is 0.527. The summed E-state index contributed by atoms with van der Waals surface area (Å²) < 4.78 is 31.7. The third-order valence-corrected chi connectivity index (χ3v) is 4.63. The Bertz CT molecular complexity index is 656. The molecule has 1 saturated heterocycles. The van der Waals surface area contributed by atoms with Crippen LogP contribution in [0, 0.1) is 5.92 Å². The van der Waals surface area contributed by atoms with Crippen LogP contribution < -0.4 is 16.0 Å². The SMILES string of the molecule is CC(CC1CCCCCN1)Nc1ccc(NC(=O)C(C)C)cc1.O=C(O)C(F)(F)F. The Kier molecular flexibility index (Phi) is 10.7. The zero-order valence-corrected chi connectivity index (χ0v) is 17.7. The number of carboxylic acid groups (broad SMARTS) is 1. The zero-order valence-electron chi connectivity index (χ0n) is 17.7. The van der Waals surface area contributed by atoms with Gasteiger partial charge in [0.25, 0.3) is 0 Å². The van der Waals surface area contributed by atoms with Crippen molar-refractivity contribution in [1.82, 2.24) is 5.32 Å². The lowest BCUT2D eigenvalue weighted by molar-refractivity contribution is -0.192. The molecule has 1 aromatic rings. The summed E-state index contributed by atoms with van der Waals surface area (Å²) >= 11 is 0. The maximum absolute atomic E-state index is 11.7. The first kappa shape index (κ1) is 25.7. The molecule has 170 valence electrons. The molecule has 0 saturated carbocycles. The monoisotopic (exact) mass is 431 g/mol. The van der Waals surface area contributed by atoms with Gasteiger partial charge in [0.05, 0.1) is 0 Å². The fourth-order valence-corrected chi connectivity index (χ4v) is 3.01. The molecule has 2 unspecified atom stereocenters. The van der Waals surface area contributed by atoms with Crippen LogP contribution >= 0.6 is 0 Å². The molecule has 0 bridgehead atoms. The van der Waals surface area contributed by atoms with E-state index in [4.69, 9.17) is 9.90 Å². The number of aliphatic carboxylic acids is 1. The van der Waals surface area contributed by atoms with Gasteiger partial charge in [-0.25, -0.2) is 4.79 Å². The van der Waals surface area contributed by atoms with Crippen LogP contribution in [0.5, 0.6) is 0 Å². The highest BCUT2D eigenvalue weighted by molar-refractivity contribution is 5.92. The average molecular weight is 431 g/mol. The Morgan fingerprint density at radius 1 is 1.10 bits per heavy atom. The van der Waals surface area contributed by atoms with Gasteiger partial charge < -0.3 is 21.1 Å². The van der Waals surface area contributed by atoms with Crippen molar-refractivity contribution >= 4 is 23.3 Å². The van der Waals surface area contributed by atoms with Gasteiger partial charge in [0.1, 0.15) is 0 Å². The van der Waals surface area contributed by atoms with Crippen LogP contribution in [0.15, 0.2) is 24.3 Å². The van der Waals surface area contributed by atoms with Gasteiger partial charge in [0, 0.05) is 29.4 Å². The van der Waals surface area contributed by atoms with E-state index in [1.807, 2.05) is 38.1 Å². The van der Waals surface area contributed by atoms with E-state index < -0.39 is 12.1 Å². The van der Waals surface area contributed by atoms with E-state index in [1.165, 1.54) is 25.7 Å². The average Bonchev–Trinajstić information content (AvgIpc) is 2.91. The molecule has 0 aliphatic carbocycles. The summed E-state index contributed by atoms with van der Waals surface area (Å²) in [5.74, 6) is -2.70. The molecule has 2 rings (SSSR count). The number of amides is 1. The maximum atomic E-state index is 11.7. The Morgan fingerprint density at radius 3 is 2.20 bits per heavy atom. The van der Waals surface area contributed by atoms with Crippen molar-refractivity contribution in [3.8, 4) is 0 Å². The summed E-state index contributed by atoms with van der Waals surface area (Å²) in [5.41, 5.74) is 1.96. The standard InChI is InChI=1S/C19H31N3O.C2HF3O2/c1-14(2)19(23)22-17-10-8-16(9-11-17)21-15(3)13-18-7-5-4-6-12-20-18;3-2(4,5)1(6)7/h8-11,14-15,18,20-21H,4-7,12-13H2,1-3H3,(H,22,23);(H,6,7). The molecule has 6 nitrogen and oxygen atoms in total. The van der Waals surface area contributed by atoms with Crippen LogP contribution in [-0.4, -0.2) is 41.8 Å². The minimum Gasteiger partial charge on any atom is -0.475 e. The minimum absolute atomic E-state index is 0.0000938. The topological polar surface area (TPSA) is 90.5 Å². The number of carbonyl (C=O) groups excluding carboxylic acids is 1. The van der Waals surface area contributed by atoms with E-state index in [-0.39, 0.29) is 11.8 Å². The molecule has 1 amide bonds. The van der Waals surface area contributed by atoms with Crippen molar-refractivity contribution in [3.63, 3.8) is 0 Å². The third-order valence-electron chi connectivity index (χ3n) is 4.63. The van der Waals surface area contributed by atoms with Gasteiger partial charge in [-0.2, -0.15) is 13.2 Å². The number of carboxylic acids is 1. The van der Waals surface area contributed by atoms with Gasteiger partial charge in [0.15, 0.2) is 0 Å². The fraction of sp³-hybridized carbons (Fsp3) is 0.619. The third kappa shape index (κ3) is 10.5. The first-order valence-electron chi connectivity index (χ1n) is 10.2. The van der Waals surface area contributed by atoms with Gasteiger partial charge in [-0.1, -0.05) is 26.7 Å². The molecular formula is C21H32F3N3O3. The number of hydrogen-bond donors (Lipinski definition) is 4. The van der Waals surface area contributed by atoms with Crippen molar-refractivity contribution in [2.45, 2.75) is 71.1 Å². The Balaban J connectivity index is 0.000000553. The predicted octanol–water partition coefficient (Wildman–Crippen LogP) is 4.64. The highest BCUT2D eigenvalue weighted by atomic mass is 19.4. The summed E-state index contributed by atoms with van der Waals surface area (Å²) in [4.78, 5) is 20.6. The van der Waals surface area contributed by atoms with Crippen molar-refractivity contribution in [3.05, 3.63) is 24.3 Å². The molecule has 0 aromatic heterocycles. The first-order valence-corrected chi connectivity index (χ1v) is 10.2. The van der Waals surface area contributed by atoms with Crippen molar-refractivity contribution < 1.29 is 27.9 Å². The van der Waals surface area contributed by atoms with Crippen LogP contribution in [0.1, 0.15) is 52.9 Å². The number of alkyl halides is 3. The Hall–Kier alpha value is -2.29. The van der Waals surface area contributed by atoms with E-state index in [9.17, 15) is 18.0 Å². The minimum atomic E-state index is -5.08. The van der Waals surface area contributed by atoms with E-state index in [0.717, 1.165) is 24.3 Å². The van der Waals surface area contributed by atoms with E-state index in [0.29, 0.717) is 12.1 Å². The molecule has 4 N–H and O–H groups in total. The number of rotatable bonds is 6.